The summed E-state index contributed by atoms with van der Waals surface area (Å²) in [6, 6.07) is 8.49. The van der Waals surface area contributed by atoms with Crippen molar-refractivity contribution in [2.75, 3.05) is 40.6 Å². The van der Waals surface area contributed by atoms with Gasteiger partial charge in [0.15, 0.2) is 0 Å². The number of benzene rings is 2. The Morgan fingerprint density at radius 3 is 1.28 bits per heavy atom. The maximum absolute atomic E-state index is 12.5. The molecular weight excluding hydrogens is 404 g/mol. The number of hydrogen-bond acceptors (Lipinski definition) is 5. The highest BCUT2D eigenvalue weighted by atomic mass is 16.5. The molecule has 2 rings (SSSR count). The fourth-order valence-electron chi connectivity index (χ4n) is 3.97. The molecule has 5 heteroatoms. The zero-order valence-electron chi connectivity index (χ0n) is 20.5. The summed E-state index contributed by atoms with van der Waals surface area (Å²) in [5.41, 5.74) is 6.75. The van der Waals surface area contributed by atoms with Gasteiger partial charge >= 0.3 is 0 Å². The second-order valence-corrected chi connectivity index (χ2v) is 8.34. The van der Waals surface area contributed by atoms with Gasteiger partial charge < -0.3 is 18.9 Å². The second-order valence-electron chi connectivity index (χ2n) is 8.34. The van der Waals surface area contributed by atoms with E-state index in [2.05, 4.69) is 24.3 Å². The molecule has 0 amide bonds. The number of methoxy groups -OCH3 is 2. The van der Waals surface area contributed by atoms with Gasteiger partial charge in [0.2, 0.25) is 0 Å². The SMILES string of the molecule is COCCOc1c(C)cc(CCC(=O)CCc2cc(C)c(OCCOC)c(C)c2)cc1C. The van der Waals surface area contributed by atoms with E-state index in [-0.39, 0.29) is 5.78 Å². The maximum Gasteiger partial charge on any atom is 0.133 e. The van der Waals surface area contributed by atoms with Gasteiger partial charge in [0.25, 0.3) is 0 Å². The lowest BCUT2D eigenvalue weighted by Crippen LogP contribution is -2.08. The summed E-state index contributed by atoms with van der Waals surface area (Å²) >= 11 is 0. The van der Waals surface area contributed by atoms with E-state index in [0.29, 0.717) is 39.3 Å². The third kappa shape index (κ3) is 7.95. The Balaban J connectivity index is 1.87. The normalized spacial score (nSPS) is 10.9. The molecule has 0 unspecified atom stereocenters. The van der Waals surface area contributed by atoms with E-state index in [1.807, 2.05) is 27.7 Å². The molecule has 0 radical (unpaired) electrons. The summed E-state index contributed by atoms with van der Waals surface area (Å²) in [4.78, 5) is 12.5. The standard InChI is InChI=1S/C27H38O5/c1-19-15-23(16-20(2)26(19)31-13-11-29-5)7-9-25(28)10-8-24-17-21(3)27(22(4)18-24)32-14-12-30-6/h15-18H,7-14H2,1-6H3. The molecular formula is C27H38O5. The predicted molar refractivity (Wildman–Crippen MR) is 128 cm³/mol. The van der Waals surface area contributed by atoms with Gasteiger partial charge in [0.05, 0.1) is 13.2 Å². The Morgan fingerprint density at radius 2 is 0.969 bits per heavy atom. The van der Waals surface area contributed by atoms with E-state index in [1.165, 1.54) is 11.1 Å². The minimum atomic E-state index is 0.288. The highest BCUT2D eigenvalue weighted by Crippen LogP contribution is 2.27. The Labute approximate surface area is 193 Å². The van der Waals surface area contributed by atoms with Crippen LogP contribution in [0.1, 0.15) is 46.2 Å². The van der Waals surface area contributed by atoms with Crippen molar-refractivity contribution in [1.82, 2.24) is 0 Å². The fourth-order valence-corrected chi connectivity index (χ4v) is 3.97. The molecule has 0 fully saturated rings. The van der Waals surface area contributed by atoms with Crippen molar-refractivity contribution in [3.63, 3.8) is 0 Å². The number of hydrogen-bond donors (Lipinski definition) is 0. The lowest BCUT2D eigenvalue weighted by atomic mass is 9.98. The van der Waals surface area contributed by atoms with Crippen molar-refractivity contribution >= 4 is 5.78 Å². The van der Waals surface area contributed by atoms with Gasteiger partial charge in [-0.3, -0.25) is 4.79 Å². The van der Waals surface area contributed by atoms with Crippen molar-refractivity contribution in [1.29, 1.82) is 0 Å². The molecule has 0 saturated carbocycles. The Morgan fingerprint density at radius 1 is 0.625 bits per heavy atom. The topological polar surface area (TPSA) is 54.0 Å². The number of carbonyl (C=O) groups is 1. The molecule has 2 aromatic carbocycles. The van der Waals surface area contributed by atoms with Crippen LogP contribution in [0.5, 0.6) is 11.5 Å². The van der Waals surface area contributed by atoms with Crippen molar-refractivity contribution in [2.45, 2.75) is 53.4 Å². The average molecular weight is 443 g/mol. The molecule has 0 N–H and O–H groups in total. The third-order valence-electron chi connectivity index (χ3n) is 5.49. The highest BCUT2D eigenvalue weighted by molar-refractivity contribution is 5.79. The summed E-state index contributed by atoms with van der Waals surface area (Å²) in [5.74, 6) is 2.12. The molecule has 0 aliphatic rings. The van der Waals surface area contributed by atoms with E-state index in [9.17, 15) is 4.79 Å². The lowest BCUT2D eigenvalue weighted by molar-refractivity contribution is -0.119. The van der Waals surface area contributed by atoms with Crippen molar-refractivity contribution in [3.05, 3.63) is 57.6 Å². The molecule has 0 saturated heterocycles. The smallest absolute Gasteiger partial charge is 0.133 e. The van der Waals surface area contributed by atoms with E-state index in [0.717, 1.165) is 46.6 Å². The van der Waals surface area contributed by atoms with Crippen molar-refractivity contribution in [3.8, 4) is 11.5 Å². The van der Waals surface area contributed by atoms with Crippen LogP contribution >= 0.6 is 0 Å². The molecule has 0 aliphatic heterocycles. The van der Waals surface area contributed by atoms with Crippen LogP contribution in [0.15, 0.2) is 24.3 Å². The highest BCUT2D eigenvalue weighted by Gasteiger charge is 2.11. The van der Waals surface area contributed by atoms with Crippen LogP contribution in [0, 0.1) is 27.7 Å². The number of aryl methyl sites for hydroxylation is 6. The fraction of sp³-hybridized carbons (Fsp3) is 0.519. The van der Waals surface area contributed by atoms with Gasteiger partial charge in [0, 0.05) is 27.1 Å². The first-order chi connectivity index (χ1) is 15.3. The first-order valence-corrected chi connectivity index (χ1v) is 11.3. The quantitative estimate of drug-likeness (QED) is 0.381. The van der Waals surface area contributed by atoms with Crippen LogP contribution in [0.4, 0.5) is 0 Å². The number of carbonyl (C=O) groups excluding carboxylic acids is 1. The van der Waals surface area contributed by atoms with Crippen LogP contribution in [0.25, 0.3) is 0 Å². The number of ketones is 1. The number of ether oxygens (including phenoxy) is 4. The summed E-state index contributed by atoms with van der Waals surface area (Å²) in [6.07, 6.45) is 2.62. The van der Waals surface area contributed by atoms with Crippen LogP contribution < -0.4 is 9.47 Å². The molecule has 176 valence electrons. The molecule has 32 heavy (non-hydrogen) atoms. The Hall–Kier alpha value is -2.37. The zero-order valence-corrected chi connectivity index (χ0v) is 20.5. The summed E-state index contributed by atoms with van der Waals surface area (Å²) in [6.45, 7) is 10.4. The predicted octanol–water partition coefficient (Wildman–Crippen LogP) is 5.11. The molecule has 0 aliphatic carbocycles. The lowest BCUT2D eigenvalue weighted by Gasteiger charge is -2.14. The van der Waals surface area contributed by atoms with Crippen molar-refractivity contribution < 1.29 is 23.7 Å². The molecule has 0 spiro atoms. The van der Waals surface area contributed by atoms with Crippen LogP contribution in [-0.2, 0) is 27.1 Å². The summed E-state index contributed by atoms with van der Waals surface area (Å²) in [7, 11) is 3.33. The summed E-state index contributed by atoms with van der Waals surface area (Å²) in [5, 5.41) is 0. The molecule has 0 bridgehead atoms. The van der Waals surface area contributed by atoms with Gasteiger partial charge in [-0.05, 0) is 73.9 Å². The molecule has 5 nitrogen and oxygen atoms in total. The minimum absolute atomic E-state index is 0.288. The van der Waals surface area contributed by atoms with Gasteiger partial charge in [-0.2, -0.15) is 0 Å². The molecule has 2 aromatic rings. The van der Waals surface area contributed by atoms with E-state index >= 15 is 0 Å². The van der Waals surface area contributed by atoms with Gasteiger partial charge in [0.1, 0.15) is 30.5 Å². The first kappa shape index (κ1) is 25.9. The third-order valence-corrected chi connectivity index (χ3v) is 5.49. The van der Waals surface area contributed by atoms with E-state index < -0.39 is 0 Å². The molecule has 0 heterocycles. The average Bonchev–Trinajstić information content (AvgIpc) is 2.74. The van der Waals surface area contributed by atoms with Crippen molar-refractivity contribution in [2.24, 2.45) is 0 Å². The zero-order chi connectivity index (χ0) is 23.5. The second kappa shape index (κ2) is 13.2. The van der Waals surface area contributed by atoms with Crippen LogP contribution in [0.2, 0.25) is 0 Å². The summed E-state index contributed by atoms with van der Waals surface area (Å²) < 4.78 is 21.8. The maximum atomic E-state index is 12.5. The monoisotopic (exact) mass is 442 g/mol. The number of Topliss-reactive ketones (excluding diaryl/α,β-unsaturated/α-hetero) is 1. The van der Waals surface area contributed by atoms with Gasteiger partial charge in [-0.1, -0.05) is 24.3 Å². The first-order valence-electron chi connectivity index (χ1n) is 11.3. The van der Waals surface area contributed by atoms with Gasteiger partial charge in [-0.15, -0.1) is 0 Å². The van der Waals surface area contributed by atoms with Gasteiger partial charge in [-0.25, -0.2) is 0 Å². The molecule has 0 atom stereocenters. The van der Waals surface area contributed by atoms with Crippen LogP contribution in [-0.4, -0.2) is 46.4 Å². The minimum Gasteiger partial charge on any atom is -0.491 e. The number of rotatable bonds is 14. The largest absolute Gasteiger partial charge is 0.491 e. The Bertz CT molecular complexity index is 770. The molecule has 0 aromatic heterocycles. The van der Waals surface area contributed by atoms with Crippen LogP contribution in [0.3, 0.4) is 0 Å². The van der Waals surface area contributed by atoms with E-state index in [1.54, 1.807) is 14.2 Å². The van der Waals surface area contributed by atoms with E-state index in [4.69, 9.17) is 18.9 Å². The Kier molecular flexibility index (Phi) is 10.7.